The van der Waals surface area contributed by atoms with Crippen LogP contribution in [0.2, 0.25) is 0 Å². The number of ketones is 3. The summed E-state index contributed by atoms with van der Waals surface area (Å²) in [5.41, 5.74) is 6.88. The number of nitrogens with zero attached hydrogens (tertiary/aromatic N) is 7. The minimum Gasteiger partial charge on any atom is -0.475 e. The van der Waals surface area contributed by atoms with Crippen LogP contribution in [0, 0.1) is 104 Å². The van der Waals surface area contributed by atoms with Gasteiger partial charge in [-0.2, -0.15) is 15.4 Å². The van der Waals surface area contributed by atoms with Gasteiger partial charge in [0.1, 0.15) is 34.2 Å². The van der Waals surface area contributed by atoms with Crippen LogP contribution < -0.4 is 26.6 Å². The van der Waals surface area contributed by atoms with Gasteiger partial charge >= 0.3 is 17.9 Å². The molecule has 7 N–H and O–H groups in total. The molecule has 5 aliphatic heterocycles. The second kappa shape index (κ2) is 35.1. The second-order valence-electron chi connectivity index (χ2n) is 29.0. The predicted octanol–water partition coefficient (Wildman–Crippen LogP) is 12.9. The number of hydrogen-bond acceptors (Lipinski definition) is 15. The number of halogens is 12. The molecule has 0 atom stereocenters. The number of amides is 5. The van der Waals surface area contributed by atoms with Crippen molar-refractivity contribution in [2.45, 2.75) is 150 Å². The average molecular weight is 1690 g/mol. The molecule has 1 saturated carbocycles. The van der Waals surface area contributed by atoms with E-state index in [0.29, 0.717) is 136 Å². The number of carbonyl (C=O) groups excluding carboxylic acids is 10. The molecule has 121 heavy (non-hydrogen) atoms. The van der Waals surface area contributed by atoms with Crippen LogP contribution in [-0.4, -0.2) is 122 Å². The lowest BCUT2D eigenvalue weighted by molar-refractivity contribution is -0.135. The van der Waals surface area contributed by atoms with E-state index < -0.39 is 134 Å². The molecule has 0 unspecified atom stereocenters. The maximum atomic E-state index is 13.6. The number of benzene rings is 4. The molecule has 6 aliphatic rings. The molecule has 39 heteroatoms. The molecular formula is C82H73F12N13O14. The van der Waals surface area contributed by atoms with Crippen molar-refractivity contribution in [3.63, 3.8) is 0 Å². The van der Waals surface area contributed by atoms with Crippen molar-refractivity contribution in [2.24, 2.45) is 0 Å². The molecule has 16 rings (SSSR count). The average Bonchev–Trinajstić information content (AvgIpc) is 1.60. The minimum absolute atomic E-state index is 0.0345. The van der Waals surface area contributed by atoms with Crippen molar-refractivity contribution in [1.29, 1.82) is 0 Å². The largest absolute Gasteiger partial charge is 0.475 e. The van der Waals surface area contributed by atoms with Gasteiger partial charge in [-0.25, -0.2) is 67.1 Å². The summed E-state index contributed by atoms with van der Waals surface area (Å²) >= 11 is 0. The van der Waals surface area contributed by atoms with Crippen LogP contribution in [0.25, 0.3) is 0 Å². The molecule has 634 valence electrons. The van der Waals surface area contributed by atoms with E-state index in [-0.39, 0.29) is 79.2 Å². The number of carbonyl (C=O) groups is 11. The highest BCUT2D eigenvalue weighted by atomic mass is 19.2. The first kappa shape index (κ1) is 86.7. The Morgan fingerprint density at radius 2 is 0.719 bits per heavy atom. The third-order valence-electron chi connectivity index (χ3n) is 21.3. The Kier molecular flexibility index (Phi) is 25.2. The molecule has 0 bridgehead atoms. The fourth-order valence-corrected chi connectivity index (χ4v) is 15.8. The van der Waals surface area contributed by atoms with Crippen molar-refractivity contribution in [2.75, 3.05) is 35.5 Å². The zero-order chi connectivity index (χ0) is 87.8. The zero-order valence-electron chi connectivity index (χ0n) is 65.3. The maximum absolute atomic E-state index is 13.6. The van der Waals surface area contributed by atoms with Crippen LogP contribution in [-0.2, 0) is 94.2 Å². The van der Waals surface area contributed by atoms with Crippen molar-refractivity contribution in [1.82, 2.24) is 43.6 Å². The summed E-state index contributed by atoms with van der Waals surface area (Å²) in [5.74, 6) is -27.0. The number of methoxy groups -OCH3 is 2. The lowest BCUT2D eigenvalue weighted by atomic mass is 10.0. The summed E-state index contributed by atoms with van der Waals surface area (Å²) in [7, 11) is 2.51. The molecule has 1 aliphatic carbocycles. The summed E-state index contributed by atoms with van der Waals surface area (Å²) in [6, 6.07) is 9.44. The number of esters is 2. The molecule has 1 fully saturated rings. The van der Waals surface area contributed by atoms with Crippen molar-refractivity contribution < 1.29 is 120 Å². The molecule has 0 saturated heterocycles. The summed E-state index contributed by atoms with van der Waals surface area (Å²) in [6.07, 6.45) is 10.2. The number of aryl methyl sites for hydroxylation is 4. The molecular weight excluding hydrogens is 1620 g/mol. The van der Waals surface area contributed by atoms with Gasteiger partial charge in [-0.05, 0) is 152 Å². The standard InChI is InChI=1S/C22H19F3N6O3.C18H15F3N2O4.C17H13F3N2O4.C15H13F3N2O.C10H13NO2/c1-10-16(19(32)21(34)28-22(4-5-22)15-9-26-30-29-15)14-3-2-6-31(14)18(10)20(33)27-11-7-12(23)17(25)13(24)8-11;1-8-13(16(24)18(26)27-2)12-4-3-5-23(12)15(8)17(25)22-9-6-10(19)14(21)11(20)7-9;1-7-12(15(23)17(25)26)11-3-2-4-22(11)14(7)16(24)21-8-5-9(18)13(20)10(19)6-8;1-8-5-10-3-2-4-20(10)14(8)15(21)19-9-6-11(16)13(18)12(17)7-9;1-7-6-8-4-3-5-11(8)9(7)10(12)13-2/h7-9H,2-6H2,1H3,(H,27,33)(H,28,34)(H,26,29,30);6-7H,3-5H2,1-2H3,(H,22,25);5-6H,2-4H2,1H3,(H,21,24)(H,25,26);5-7H,2-4H2,1H3,(H,19,21);6H,3-5H2,1-2H3. The Morgan fingerprint density at radius 3 is 1.04 bits per heavy atom. The third-order valence-corrected chi connectivity index (χ3v) is 21.3. The molecule has 11 heterocycles. The Hall–Kier alpha value is -13.7. The summed E-state index contributed by atoms with van der Waals surface area (Å²) in [4.78, 5) is 135. The molecule has 5 amide bonds. The number of hydrogen-bond donors (Lipinski definition) is 7. The number of rotatable bonds is 17. The van der Waals surface area contributed by atoms with Gasteiger partial charge in [0.05, 0.1) is 42.6 Å². The van der Waals surface area contributed by atoms with Crippen LogP contribution >= 0.6 is 0 Å². The first-order valence-corrected chi connectivity index (χ1v) is 37.5. The SMILES string of the molecule is COC(=O)C(=O)c1c(C)c(C(=O)Nc2cc(F)c(F)c(F)c2)n2c1CCC2.COC(=O)c1c(C)cc2n1CCC2.Cc1c(C(=O)C(=O)NC2(c3cn[nH]n3)CC2)c2n(c1C(=O)Nc1cc(F)c(F)c(F)c1)CCC2.Cc1c(C(=O)C(=O)O)c2n(c1C(=O)Nc1cc(F)c(F)c(F)c1)CCC2.Cc1cc2n(c1C(=O)Nc1cc(F)c(F)c(F)c1)CCC2. The highest BCUT2D eigenvalue weighted by molar-refractivity contribution is 6.44. The first-order chi connectivity index (χ1) is 57.4. The first-order valence-electron chi connectivity index (χ1n) is 37.5. The van der Waals surface area contributed by atoms with Gasteiger partial charge in [0.2, 0.25) is 0 Å². The number of Topliss-reactive ketones (excluding diaryl/α,β-unsaturated/α-hetero) is 3. The molecule has 0 spiro atoms. The predicted molar refractivity (Wildman–Crippen MR) is 404 cm³/mol. The van der Waals surface area contributed by atoms with Gasteiger partial charge in [0, 0.05) is 132 Å². The number of carboxylic acids is 1. The monoisotopic (exact) mass is 1690 g/mol. The van der Waals surface area contributed by atoms with E-state index in [1.165, 1.54) is 44.3 Å². The topological polar surface area (TPSA) is 353 Å². The third kappa shape index (κ3) is 17.2. The summed E-state index contributed by atoms with van der Waals surface area (Å²) < 4.78 is 177. The second-order valence-corrected chi connectivity index (χ2v) is 29.0. The maximum Gasteiger partial charge on any atom is 0.379 e. The number of H-pyrrole nitrogens is 1. The van der Waals surface area contributed by atoms with E-state index in [9.17, 15) is 105 Å². The van der Waals surface area contributed by atoms with E-state index in [4.69, 9.17) is 9.84 Å². The lowest BCUT2D eigenvalue weighted by Crippen LogP contribution is -2.40. The highest BCUT2D eigenvalue weighted by Crippen LogP contribution is 2.45. The number of fused-ring (bicyclic) bond motifs is 5. The van der Waals surface area contributed by atoms with E-state index >= 15 is 0 Å². The molecule has 0 radical (unpaired) electrons. The number of carboxylic acid groups (broad SMARTS) is 1. The molecule has 10 aromatic rings. The fraction of sp³-hybridized carbons (Fsp3) is 0.305. The molecule has 27 nitrogen and oxygen atoms in total. The Labute approximate surface area is 677 Å². The quantitative estimate of drug-likeness (QED) is 0.0146. The minimum atomic E-state index is -1.66. The van der Waals surface area contributed by atoms with Crippen LogP contribution in [0.3, 0.4) is 0 Å². The van der Waals surface area contributed by atoms with Gasteiger partial charge in [0.25, 0.3) is 46.9 Å². The van der Waals surface area contributed by atoms with E-state index in [2.05, 4.69) is 57.4 Å². The van der Waals surface area contributed by atoms with Gasteiger partial charge < -0.3 is 64.0 Å². The van der Waals surface area contributed by atoms with Gasteiger partial charge in [-0.1, -0.05) is 0 Å². The van der Waals surface area contributed by atoms with Crippen LogP contribution in [0.15, 0.2) is 66.9 Å². The van der Waals surface area contributed by atoms with Crippen molar-refractivity contribution in [3.8, 4) is 0 Å². The fourth-order valence-electron chi connectivity index (χ4n) is 15.8. The van der Waals surface area contributed by atoms with E-state index in [1.807, 2.05) is 24.5 Å². The summed E-state index contributed by atoms with van der Waals surface area (Å²) in [6.45, 7) is 11.2. The Bertz CT molecular complexity index is 5900. The lowest BCUT2D eigenvalue weighted by Gasteiger charge is -2.14. The van der Waals surface area contributed by atoms with Crippen LogP contribution in [0.4, 0.5) is 75.4 Å². The van der Waals surface area contributed by atoms with Gasteiger partial charge in [-0.3, -0.25) is 38.4 Å². The van der Waals surface area contributed by atoms with E-state index in [1.54, 1.807) is 9.13 Å². The summed E-state index contributed by atoms with van der Waals surface area (Å²) in [5, 5.41) is 31.3. The Balaban J connectivity index is 0.000000142. The number of aliphatic carboxylic acids is 1. The van der Waals surface area contributed by atoms with Crippen molar-refractivity contribution >= 4 is 87.5 Å². The number of aromatic amines is 1. The van der Waals surface area contributed by atoms with Gasteiger partial charge in [0.15, 0.2) is 69.8 Å². The van der Waals surface area contributed by atoms with Crippen molar-refractivity contribution in [3.05, 3.63) is 244 Å². The van der Waals surface area contributed by atoms with Crippen LogP contribution in [0.1, 0.15) is 190 Å². The number of ether oxygens (including phenoxy) is 2. The number of anilines is 4. The zero-order valence-corrected chi connectivity index (χ0v) is 65.3. The molecule has 6 aromatic heterocycles. The Morgan fingerprint density at radius 1 is 0.405 bits per heavy atom. The molecule has 4 aromatic carbocycles. The van der Waals surface area contributed by atoms with Crippen LogP contribution in [0.5, 0.6) is 0 Å². The highest BCUT2D eigenvalue weighted by Gasteiger charge is 2.50. The van der Waals surface area contributed by atoms with E-state index in [0.717, 1.165) is 80.5 Å². The number of nitrogens with one attached hydrogen (secondary N) is 6. The number of aromatic nitrogens is 8. The van der Waals surface area contributed by atoms with Gasteiger partial charge in [-0.15, -0.1) is 0 Å². The smallest absolute Gasteiger partial charge is 0.379 e. The normalized spacial score (nSPS) is 13.8.